The van der Waals surface area contributed by atoms with Crippen LogP contribution in [-0.4, -0.2) is 37.5 Å². The first-order valence-electron chi connectivity index (χ1n) is 8.15. The molecule has 0 fully saturated rings. The van der Waals surface area contributed by atoms with E-state index in [9.17, 15) is 9.59 Å². The van der Waals surface area contributed by atoms with Crippen LogP contribution in [0.5, 0.6) is 5.75 Å². The molecule has 0 spiro atoms. The molecule has 134 valence electrons. The number of para-hydroxylation sites is 1. The Morgan fingerprint density at radius 3 is 2.88 bits per heavy atom. The molecule has 7 heteroatoms. The van der Waals surface area contributed by atoms with Gasteiger partial charge < -0.3 is 18.8 Å². The number of furan rings is 1. The smallest absolute Gasteiger partial charge is 0.333 e. The van der Waals surface area contributed by atoms with Crippen LogP contribution in [0, 0.1) is 0 Å². The van der Waals surface area contributed by atoms with Gasteiger partial charge in [0.2, 0.25) is 0 Å². The molecule has 1 atom stereocenters. The second-order valence-electron chi connectivity index (χ2n) is 5.96. The first-order chi connectivity index (χ1) is 12.6. The minimum atomic E-state index is -0.752. The average molecular weight is 371 g/mol. The van der Waals surface area contributed by atoms with Crippen LogP contribution in [0.2, 0.25) is 0 Å². The van der Waals surface area contributed by atoms with Crippen molar-refractivity contribution in [2.24, 2.45) is 0 Å². The zero-order valence-corrected chi connectivity index (χ0v) is 15.2. The highest BCUT2D eigenvalue weighted by atomic mass is 32.1. The number of hydrogen-bond donors (Lipinski definition) is 0. The Balaban J connectivity index is 1.74. The van der Waals surface area contributed by atoms with Crippen LogP contribution >= 0.6 is 11.3 Å². The highest BCUT2D eigenvalue weighted by Crippen LogP contribution is 2.36. The lowest BCUT2D eigenvalue weighted by atomic mass is 9.99. The first-order valence-corrected chi connectivity index (χ1v) is 9.03. The lowest BCUT2D eigenvalue weighted by Crippen LogP contribution is -2.43. The number of esters is 1. The van der Waals surface area contributed by atoms with Gasteiger partial charge >= 0.3 is 5.97 Å². The number of thiophene rings is 1. The van der Waals surface area contributed by atoms with Gasteiger partial charge in [-0.25, -0.2) is 4.79 Å². The van der Waals surface area contributed by atoms with E-state index >= 15 is 0 Å². The van der Waals surface area contributed by atoms with E-state index in [-0.39, 0.29) is 11.7 Å². The molecule has 0 bridgehead atoms. The van der Waals surface area contributed by atoms with Gasteiger partial charge in [-0.15, -0.1) is 11.3 Å². The maximum atomic E-state index is 13.1. The Hall–Kier alpha value is -2.80. The van der Waals surface area contributed by atoms with Crippen molar-refractivity contribution in [3.63, 3.8) is 0 Å². The maximum Gasteiger partial charge on any atom is 0.333 e. The largest absolute Gasteiger partial charge is 0.493 e. The van der Waals surface area contributed by atoms with E-state index in [2.05, 4.69) is 0 Å². The molecule has 3 aromatic rings. The van der Waals surface area contributed by atoms with E-state index < -0.39 is 12.0 Å². The standard InChI is InChI=1S/C19H17NO5S/c1-23-13-5-3-4-11-10-14(25-17(11)13)18(21)20-8-6-15-12(7-9-26-15)16(20)19(22)24-2/h3-5,7,9-10,16H,6,8H2,1-2H3. The zero-order chi connectivity index (χ0) is 18.3. The van der Waals surface area contributed by atoms with Crippen molar-refractivity contribution in [2.75, 3.05) is 20.8 Å². The molecule has 1 amide bonds. The normalized spacial score (nSPS) is 16.4. The molecule has 0 saturated carbocycles. The number of nitrogens with zero attached hydrogens (tertiary/aromatic N) is 1. The predicted molar refractivity (Wildman–Crippen MR) is 96.6 cm³/mol. The number of rotatable bonds is 3. The Morgan fingerprint density at radius 2 is 2.12 bits per heavy atom. The molecule has 1 aromatic carbocycles. The number of fused-ring (bicyclic) bond motifs is 2. The summed E-state index contributed by atoms with van der Waals surface area (Å²) in [5.41, 5.74) is 1.34. The highest BCUT2D eigenvalue weighted by Gasteiger charge is 2.38. The molecular weight excluding hydrogens is 354 g/mol. The third kappa shape index (κ3) is 2.55. The molecule has 4 rings (SSSR count). The Kier molecular flexibility index (Phi) is 4.16. The third-order valence-corrected chi connectivity index (χ3v) is 5.59. The van der Waals surface area contributed by atoms with Gasteiger partial charge in [-0.1, -0.05) is 12.1 Å². The number of benzene rings is 1. The monoisotopic (exact) mass is 371 g/mol. The van der Waals surface area contributed by atoms with Crippen molar-refractivity contribution in [1.29, 1.82) is 0 Å². The van der Waals surface area contributed by atoms with Crippen molar-refractivity contribution in [3.8, 4) is 5.75 Å². The number of ether oxygens (including phenoxy) is 2. The Morgan fingerprint density at radius 1 is 1.27 bits per heavy atom. The summed E-state index contributed by atoms with van der Waals surface area (Å²) in [4.78, 5) is 28.1. The summed E-state index contributed by atoms with van der Waals surface area (Å²) in [6.45, 7) is 0.431. The maximum absolute atomic E-state index is 13.1. The molecule has 1 unspecified atom stereocenters. The van der Waals surface area contributed by atoms with Crippen molar-refractivity contribution in [1.82, 2.24) is 4.90 Å². The molecule has 1 aliphatic rings. The number of methoxy groups -OCH3 is 2. The van der Waals surface area contributed by atoms with E-state index in [1.165, 1.54) is 12.0 Å². The summed E-state index contributed by atoms with van der Waals surface area (Å²) >= 11 is 1.59. The van der Waals surface area contributed by atoms with Gasteiger partial charge in [-0.2, -0.15) is 0 Å². The second-order valence-corrected chi connectivity index (χ2v) is 6.96. The molecule has 0 N–H and O–H groups in total. The van der Waals surface area contributed by atoms with E-state index in [1.54, 1.807) is 30.6 Å². The van der Waals surface area contributed by atoms with Gasteiger partial charge in [-0.05, 0) is 35.6 Å². The number of carbonyl (C=O) groups is 2. The molecule has 0 aliphatic carbocycles. The van der Waals surface area contributed by atoms with Gasteiger partial charge in [0.1, 0.15) is 0 Å². The lowest BCUT2D eigenvalue weighted by molar-refractivity contribution is -0.146. The van der Waals surface area contributed by atoms with Crippen molar-refractivity contribution >= 4 is 34.2 Å². The van der Waals surface area contributed by atoms with Crippen molar-refractivity contribution < 1.29 is 23.5 Å². The molecule has 1 aliphatic heterocycles. The summed E-state index contributed by atoms with van der Waals surface area (Å²) in [5, 5.41) is 2.70. The fourth-order valence-electron chi connectivity index (χ4n) is 3.34. The van der Waals surface area contributed by atoms with Gasteiger partial charge in [-0.3, -0.25) is 4.79 Å². The third-order valence-electron chi connectivity index (χ3n) is 4.59. The Labute approximate surface area is 153 Å². The molecule has 26 heavy (non-hydrogen) atoms. The lowest BCUT2D eigenvalue weighted by Gasteiger charge is -2.33. The minimum Gasteiger partial charge on any atom is -0.493 e. The van der Waals surface area contributed by atoms with Crippen LogP contribution in [0.4, 0.5) is 0 Å². The average Bonchev–Trinajstić information content (AvgIpc) is 3.32. The van der Waals surface area contributed by atoms with Crippen LogP contribution in [0.3, 0.4) is 0 Å². The van der Waals surface area contributed by atoms with E-state index in [1.807, 2.05) is 23.6 Å². The Bertz CT molecular complexity index is 989. The van der Waals surface area contributed by atoms with Crippen LogP contribution < -0.4 is 4.74 Å². The van der Waals surface area contributed by atoms with Crippen LogP contribution in [-0.2, 0) is 16.0 Å². The van der Waals surface area contributed by atoms with Crippen molar-refractivity contribution in [3.05, 3.63) is 51.9 Å². The fourth-order valence-corrected chi connectivity index (χ4v) is 4.25. The van der Waals surface area contributed by atoms with Gasteiger partial charge in [0.05, 0.1) is 14.2 Å². The second kappa shape index (κ2) is 6.49. The van der Waals surface area contributed by atoms with E-state index in [0.29, 0.717) is 24.3 Å². The summed E-state index contributed by atoms with van der Waals surface area (Å²) in [6, 6.07) is 8.26. The zero-order valence-electron chi connectivity index (χ0n) is 14.4. The molecule has 3 heterocycles. The minimum absolute atomic E-state index is 0.178. The van der Waals surface area contributed by atoms with Gasteiger partial charge in [0, 0.05) is 16.8 Å². The number of hydrogen-bond acceptors (Lipinski definition) is 6. The van der Waals surface area contributed by atoms with Gasteiger partial charge in [0.15, 0.2) is 23.1 Å². The SMILES string of the molecule is COC(=O)C1c2ccsc2CCN1C(=O)c1cc2cccc(OC)c2o1. The van der Waals surface area contributed by atoms with Crippen LogP contribution in [0.1, 0.15) is 27.0 Å². The predicted octanol–water partition coefficient (Wildman–Crippen LogP) is 3.42. The van der Waals surface area contributed by atoms with E-state index in [0.717, 1.165) is 15.8 Å². The first kappa shape index (κ1) is 16.7. The van der Waals surface area contributed by atoms with Gasteiger partial charge in [0.25, 0.3) is 5.91 Å². The quantitative estimate of drug-likeness (QED) is 0.660. The molecular formula is C19H17NO5S. The number of amides is 1. The highest BCUT2D eigenvalue weighted by molar-refractivity contribution is 7.10. The molecule has 6 nitrogen and oxygen atoms in total. The molecule has 0 radical (unpaired) electrons. The van der Waals surface area contributed by atoms with E-state index in [4.69, 9.17) is 13.9 Å². The summed E-state index contributed by atoms with van der Waals surface area (Å²) in [5.74, 6) is -0.0520. The summed E-state index contributed by atoms with van der Waals surface area (Å²) in [7, 11) is 2.88. The fraction of sp³-hybridized carbons (Fsp3) is 0.263. The summed E-state index contributed by atoms with van der Waals surface area (Å²) in [6.07, 6.45) is 0.704. The van der Waals surface area contributed by atoms with Crippen LogP contribution in [0.25, 0.3) is 11.0 Å². The van der Waals surface area contributed by atoms with Crippen molar-refractivity contribution in [2.45, 2.75) is 12.5 Å². The van der Waals surface area contributed by atoms with Crippen LogP contribution in [0.15, 0.2) is 40.1 Å². The topological polar surface area (TPSA) is 69.0 Å². The molecule has 2 aromatic heterocycles. The summed E-state index contributed by atoms with van der Waals surface area (Å²) < 4.78 is 16.0. The molecule has 0 saturated heterocycles. The number of carbonyl (C=O) groups excluding carboxylic acids is 2.